The van der Waals surface area contributed by atoms with Crippen LogP contribution in [0.3, 0.4) is 0 Å². The summed E-state index contributed by atoms with van der Waals surface area (Å²) in [6.45, 7) is 3.30. The van der Waals surface area contributed by atoms with E-state index >= 15 is 0 Å². The minimum atomic E-state index is -0.613. The number of carbonyl (C=O) groups is 2. The lowest BCUT2D eigenvalue weighted by molar-refractivity contribution is -0.134. The smallest absolute Gasteiger partial charge is 0.250 e. The Morgan fingerprint density at radius 2 is 2.00 bits per heavy atom. The molecule has 2 unspecified atom stereocenters. The van der Waals surface area contributed by atoms with Crippen LogP contribution in [0.2, 0.25) is 0 Å². The van der Waals surface area contributed by atoms with E-state index in [1.807, 2.05) is 0 Å². The van der Waals surface area contributed by atoms with Crippen LogP contribution in [-0.4, -0.2) is 23.9 Å². The van der Waals surface area contributed by atoms with Crippen LogP contribution in [0, 0.1) is 18.7 Å². The van der Waals surface area contributed by atoms with Crippen molar-refractivity contribution in [1.82, 2.24) is 5.32 Å². The maximum absolute atomic E-state index is 13.7. The van der Waals surface area contributed by atoms with Gasteiger partial charge in [-0.25, -0.2) is 4.39 Å². The quantitative estimate of drug-likeness (QED) is 0.895. The van der Waals surface area contributed by atoms with Gasteiger partial charge in [-0.15, -0.1) is 0 Å². The van der Waals surface area contributed by atoms with Crippen LogP contribution in [0.15, 0.2) is 18.2 Å². The molecule has 1 N–H and O–H groups in total. The van der Waals surface area contributed by atoms with Gasteiger partial charge in [-0.3, -0.25) is 14.5 Å². The van der Waals surface area contributed by atoms with Crippen molar-refractivity contribution in [3.63, 3.8) is 0 Å². The number of piperazine rings is 1. The molecule has 0 aromatic heterocycles. The van der Waals surface area contributed by atoms with Crippen molar-refractivity contribution in [3.8, 4) is 0 Å². The Hall–Kier alpha value is -1.91. The van der Waals surface area contributed by atoms with Gasteiger partial charge in [0, 0.05) is 5.56 Å². The number of halogens is 1. The zero-order valence-corrected chi connectivity index (χ0v) is 11.5. The summed E-state index contributed by atoms with van der Waals surface area (Å²) in [6, 6.07) is 3.54. The molecule has 1 aromatic carbocycles. The van der Waals surface area contributed by atoms with Gasteiger partial charge in [0.2, 0.25) is 5.91 Å². The lowest BCUT2D eigenvalue weighted by Gasteiger charge is -2.38. The summed E-state index contributed by atoms with van der Waals surface area (Å²) in [6.07, 6.45) is 1.92. The molecule has 0 bridgehead atoms. The largest absolute Gasteiger partial charge is 0.342 e. The van der Waals surface area contributed by atoms with Crippen LogP contribution >= 0.6 is 0 Å². The van der Waals surface area contributed by atoms with Crippen LogP contribution < -0.4 is 10.2 Å². The van der Waals surface area contributed by atoms with Crippen LogP contribution in [0.25, 0.3) is 0 Å². The molecule has 3 rings (SSSR count). The third-order valence-corrected chi connectivity index (χ3v) is 4.16. The number of anilines is 1. The normalized spacial score (nSPS) is 26.6. The van der Waals surface area contributed by atoms with Crippen molar-refractivity contribution in [2.45, 2.75) is 38.8 Å². The standard InChI is InChI=1S/C15H17FN2O2/c1-8-11(16)4-3-5-12(8)18-9(2)14(19)17-13(15(18)20)10-6-7-10/h3-5,9-10,13H,6-7H2,1-2H3,(H,17,19). The molecule has 4 nitrogen and oxygen atoms in total. The first-order chi connectivity index (χ1) is 9.50. The van der Waals surface area contributed by atoms with Gasteiger partial charge in [0.15, 0.2) is 0 Å². The molecular weight excluding hydrogens is 259 g/mol. The van der Waals surface area contributed by atoms with Gasteiger partial charge in [-0.2, -0.15) is 0 Å². The average molecular weight is 276 g/mol. The number of hydrogen-bond acceptors (Lipinski definition) is 2. The van der Waals surface area contributed by atoms with E-state index in [1.165, 1.54) is 11.0 Å². The molecular formula is C15H17FN2O2. The monoisotopic (exact) mass is 276 g/mol. The predicted octanol–water partition coefficient (Wildman–Crippen LogP) is 1.76. The summed E-state index contributed by atoms with van der Waals surface area (Å²) in [5.74, 6) is -0.440. The minimum absolute atomic E-state index is 0.131. The Bertz CT molecular complexity index is 583. The number of hydrogen-bond donors (Lipinski definition) is 1. The van der Waals surface area contributed by atoms with E-state index in [-0.39, 0.29) is 23.5 Å². The Kier molecular flexibility index (Phi) is 3.00. The molecule has 1 saturated heterocycles. The third kappa shape index (κ3) is 1.97. The van der Waals surface area contributed by atoms with E-state index in [0.29, 0.717) is 11.3 Å². The zero-order valence-electron chi connectivity index (χ0n) is 11.5. The lowest BCUT2D eigenvalue weighted by atomic mass is 10.0. The molecule has 2 atom stereocenters. The van der Waals surface area contributed by atoms with Crippen molar-refractivity contribution in [2.75, 3.05) is 4.90 Å². The molecule has 1 aromatic rings. The van der Waals surface area contributed by atoms with Crippen molar-refractivity contribution in [3.05, 3.63) is 29.6 Å². The molecule has 0 spiro atoms. The molecule has 1 aliphatic heterocycles. The van der Waals surface area contributed by atoms with E-state index in [4.69, 9.17) is 0 Å². The maximum Gasteiger partial charge on any atom is 0.250 e. The number of carbonyl (C=O) groups excluding carboxylic acids is 2. The van der Waals surface area contributed by atoms with Gasteiger partial charge in [-0.05, 0) is 44.7 Å². The van der Waals surface area contributed by atoms with Gasteiger partial charge in [0.25, 0.3) is 5.91 Å². The maximum atomic E-state index is 13.7. The number of benzene rings is 1. The summed E-state index contributed by atoms with van der Waals surface area (Å²) in [5, 5.41) is 2.79. The predicted molar refractivity (Wildman–Crippen MR) is 72.7 cm³/mol. The molecule has 20 heavy (non-hydrogen) atoms. The number of amides is 2. The van der Waals surface area contributed by atoms with Gasteiger partial charge in [0.1, 0.15) is 17.9 Å². The summed E-state index contributed by atoms with van der Waals surface area (Å²) in [4.78, 5) is 26.1. The van der Waals surface area contributed by atoms with E-state index in [2.05, 4.69) is 5.32 Å². The number of nitrogens with one attached hydrogen (secondary N) is 1. The molecule has 1 saturated carbocycles. The van der Waals surface area contributed by atoms with Crippen molar-refractivity contribution < 1.29 is 14.0 Å². The second-order valence-corrected chi connectivity index (χ2v) is 5.59. The highest BCUT2D eigenvalue weighted by Crippen LogP contribution is 2.36. The molecule has 106 valence electrons. The highest BCUT2D eigenvalue weighted by atomic mass is 19.1. The van der Waals surface area contributed by atoms with Gasteiger partial charge in [-0.1, -0.05) is 6.07 Å². The van der Waals surface area contributed by atoms with E-state index < -0.39 is 12.1 Å². The second kappa shape index (κ2) is 4.58. The zero-order chi connectivity index (χ0) is 14.4. The Morgan fingerprint density at radius 1 is 1.30 bits per heavy atom. The summed E-state index contributed by atoms with van der Waals surface area (Å²) < 4.78 is 13.7. The Morgan fingerprint density at radius 3 is 2.65 bits per heavy atom. The van der Waals surface area contributed by atoms with E-state index in [0.717, 1.165) is 12.8 Å². The second-order valence-electron chi connectivity index (χ2n) is 5.59. The summed E-state index contributed by atoms with van der Waals surface area (Å²) >= 11 is 0. The Labute approximate surface area is 117 Å². The summed E-state index contributed by atoms with van der Waals surface area (Å²) in [7, 11) is 0. The number of rotatable bonds is 2. The fraction of sp³-hybridized carbons (Fsp3) is 0.467. The van der Waals surface area contributed by atoms with E-state index in [9.17, 15) is 14.0 Å². The fourth-order valence-corrected chi connectivity index (χ4v) is 2.73. The average Bonchev–Trinajstić information content (AvgIpc) is 3.23. The molecule has 2 fully saturated rings. The molecule has 1 aliphatic carbocycles. The highest BCUT2D eigenvalue weighted by molar-refractivity contribution is 6.08. The first kappa shape index (κ1) is 13.1. The number of nitrogens with zero attached hydrogens (tertiary/aromatic N) is 1. The van der Waals surface area contributed by atoms with Crippen molar-refractivity contribution >= 4 is 17.5 Å². The van der Waals surface area contributed by atoms with Gasteiger partial charge < -0.3 is 5.32 Å². The fourth-order valence-electron chi connectivity index (χ4n) is 2.73. The Balaban J connectivity index is 2.02. The minimum Gasteiger partial charge on any atom is -0.342 e. The summed E-state index contributed by atoms with van der Waals surface area (Å²) in [5.41, 5.74) is 0.889. The van der Waals surface area contributed by atoms with Crippen LogP contribution in [-0.2, 0) is 9.59 Å². The van der Waals surface area contributed by atoms with Crippen molar-refractivity contribution in [1.29, 1.82) is 0 Å². The topological polar surface area (TPSA) is 49.4 Å². The first-order valence-corrected chi connectivity index (χ1v) is 6.89. The van der Waals surface area contributed by atoms with Crippen molar-refractivity contribution in [2.24, 2.45) is 5.92 Å². The van der Waals surface area contributed by atoms with Crippen LogP contribution in [0.5, 0.6) is 0 Å². The first-order valence-electron chi connectivity index (χ1n) is 6.89. The van der Waals surface area contributed by atoms with E-state index in [1.54, 1.807) is 26.0 Å². The lowest BCUT2D eigenvalue weighted by Crippen LogP contribution is -2.63. The van der Waals surface area contributed by atoms with Gasteiger partial charge >= 0.3 is 0 Å². The molecule has 2 amide bonds. The highest BCUT2D eigenvalue weighted by Gasteiger charge is 2.46. The molecule has 1 heterocycles. The molecule has 0 radical (unpaired) electrons. The van der Waals surface area contributed by atoms with Crippen LogP contribution in [0.1, 0.15) is 25.3 Å². The molecule has 2 aliphatic rings. The SMILES string of the molecule is Cc1c(F)cccc1N1C(=O)C(C2CC2)NC(=O)C1C. The third-order valence-electron chi connectivity index (χ3n) is 4.16. The van der Waals surface area contributed by atoms with Crippen LogP contribution in [0.4, 0.5) is 10.1 Å². The van der Waals surface area contributed by atoms with Gasteiger partial charge in [0.05, 0.1) is 5.69 Å². The molecule has 5 heteroatoms.